The van der Waals surface area contributed by atoms with E-state index in [-0.39, 0.29) is 11.9 Å². The lowest BCUT2D eigenvalue weighted by atomic mass is 10.1. The Bertz CT molecular complexity index is 700. The minimum Gasteiger partial charge on any atom is -0.493 e. The molecule has 0 radical (unpaired) electrons. The summed E-state index contributed by atoms with van der Waals surface area (Å²) in [7, 11) is 0. The first-order valence-electron chi connectivity index (χ1n) is 8.72. The van der Waals surface area contributed by atoms with Crippen molar-refractivity contribution in [3.63, 3.8) is 0 Å². The van der Waals surface area contributed by atoms with E-state index in [1.165, 1.54) is 0 Å². The number of hydrogen-bond donors (Lipinski definition) is 0. The molecule has 3 rings (SSSR count). The zero-order valence-corrected chi connectivity index (χ0v) is 14.8. The second-order valence-corrected chi connectivity index (χ2v) is 6.04. The largest absolute Gasteiger partial charge is 0.493 e. The molecule has 1 unspecified atom stereocenters. The predicted molar refractivity (Wildman–Crippen MR) is 95.5 cm³/mol. The van der Waals surface area contributed by atoms with Gasteiger partial charge in [-0.15, -0.1) is 0 Å². The van der Waals surface area contributed by atoms with Crippen LogP contribution in [-0.2, 0) is 0 Å². The smallest absolute Gasteiger partial charge is 0.257 e. The third kappa shape index (κ3) is 3.96. The van der Waals surface area contributed by atoms with Gasteiger partial charge < -0.3 is 9.64 Å². The van der Waals surface area contributed by atoms with Crippen molar-refractivity contribution < 1.29 is 9.53 Å². The number of hydrogen-bond acceptors (Lipinski definition) is 5. The number of para-hydroxylation sites is 1. The monoisotopic (exact) mass is 340 g/mol. The molecule has 1 aliphatic rings. The highest BCUT2D eigenvalue weighted by molar-refractivity contribution is 5.97. The summed E-state index contributed by atoms with van der Waals surface area (Å²) in [6, 6.07) is 9.42. The Hall–Kier alpha value is -2.47. The number of benzene rings is 1. The number of aromatic nitrogens is 2. The average Bonchev–Trinajstić information content (AvgIpc) is 2.68. The van der Waals surface area contributed by atoms with Crippen molar-refractivity contribution in [2.75, 3.05) is 32.8 Å². The van der Waals surface area contributed by atoms with Crippen molar-refractivity contribution in [3.8, 4) is 5.75 Å². The molecule has 6 nitrogen and oxygen atoms in total. The van der Waals surface area contributed by atoms with Gasteiger partial charge in [0.15, 0.2) is 0 Å². The van der Waals surface area contributed by atoms with Gasteiger partial charge in [0.05, 0.1) is 18.2 Å². The van der Waals surface area contributed by atoms with Gasteiger partial charge >= 0.3 is 0 Å². The lowest BCUT2D eigenvalue weighted by Crippen LogP contribution is -2.49. The molecule has 1 aliphatic heterocycles. The van der Waals surface area contributed by atoms with Crippen molar-refractivity contribution in [2.24, 2.45) is 0 Å². The topological polar surface area (TPSA) is 58.6 Å². The quantitative estimate of drug-likeness (QED) is 0.836. The molecule has 132 valence electrons. The Morgan fingerprint density at radius 2 is 1.80 bits per heavy atom. The van der Waals surface area contributed by atoms with E-state index in [9.17, 15) is 4.79 Å². The molecule has 0 bridgehead atoms. The van der Waals surface area contributed by atoms with Crippen molar-refractivity contribution in [1.82, 2.24) is 19.8 Å². The minimum atomic E-state index is 0.0346. The van der Waals surface area contributed by atoms with E-state index in [1.807, 2.05) is 42.2 Å². The van der Waals surface area contributed by atoms with Crippen LogP contribution in [0.4, 0.5) is 0 Å². The van der Waals surface area contributed by atoms with Gasteiger partial charge in [0.2, 0.25) is 0 Å². The summed E-state index contributed by atoms with van der Waals surface area (Å²) in [6.07, 6.45) is 3.53. The van der Waals surface area contributed by atoms with Crippen molar-refractivity contribution in [2.45, 2.75) is 19.9 Å². The molecule has 25 heavy (non-hydrogen) atoms. The first-order chi connectivity index (χ1) is 12.2. The van der Waals surface area contributed by atoms with Crippen LogP contribution in [0.1, 0.15) is 36.1 Å². The zero-order valence-electron chi connectivity index (χ0n) is 14.8. The molecule has 1 amide bonds. The van der Waals surface area contributed by atoms with E-state index in [0.717, 1.165) is 18.9 Å². The van der Waals surface area contributed by atoms with E-state index in [0.29, 0.717) is 31.0 Å². The van der Waals surface area contributed by atoms with Crippen LogP contribution in [0.25, 0.3) is 0 Å². The summed E-state index contributed by atoms with van der Waals surface area (Å²) < 4.78 is 5.59. The normalized spacial score (nSPS) is 16.5. The highest BCUT2D eigenvalue weighted by atomic mass is 16.5. The third-order valence-electron chi connectivity index (χ3n) is 4.53. The second kappa shape index (κ2) is 8.07. The Morgan fingerprint density at radius 3 is 2.48 bits per heavy atom. The summed E-state index contributed by atoms with van der Waals surface area (Å²) in [6.45, 7) is 7.58. The Labute approximate surface area is 148 Å². The fraction of sp³-hybridized carbons (Fsp3) is 0.421. The molecule has 1 fully saturated rings. The van der Waals surface area contributed by atoms with Crippen LogP contribution in [0, 0.1) is 0 Å². The number of rotatable bonds is 5. The second-order valence-electron chi connectivity index (χ2n) is 6.04. The van der Waals surface area contributed by atoms with Crippen LogP contribution in [0.5, 0.6) is 5.75 Å². The van der Waals surface area contributed by atoms with Gasteiger partial charge in [-0.05, 0) is 32.0 Å². The Kier molecular flexibility index (Phi) is 5.60. The minimum absolute atomic E-state index is 0.0346. The van der Waals surface area contributed by atoms with Crippen molar-refractivity contribution in [3.05, 3.63) is 54.1 Å². The van der Waals surface area contributed by atoms with Crippen LogP contribution in [0.2, 0.25) is 0 Å². The van der Waals surface area contributed by atoms with E-state index in [1.54, 1.807) is 12.4 Å². The fourth-order valence-corrected chi connectivity index (χ4v) is 3.10. The third-order valence-corrected chi connectivity index (χ3v) is 4.53. The number of amides is 1. The number of ether oxygens (including phenoxy) is 1. The summed E-state index contributed by atoms with van der Waals surface area (Å²) in [5.41, 5.74) is 0.636. The molecule has 0 saturated carbocycles. The average molecular weight is 340 g/mol. The van der Waals surface area contributed by atoms with Gasteiger partial charge in [-0.2, -0.15) is 0 Å². The van der Waals surface area contributed by atoms with Crippen LogP contribution < -0.4 is 4.74 Å². The summed E-state index contributed by atoms with van der Waals surface area (Å²) in [5.74, 6) is 1.51. The molecule has 0 aliphatic carbocycles. The Balaban J connectivity index is 1.63. The molecule has 6 heteroatoms. The zero-order chi connectivity index (χ0) is 17.6. The summed E-state index contributed by atoms with van der Waals surface area (Å²) >= 11 is 0. The summed E-state index contributed by atoms with van der Waals surface area (Å²) in [4.78, 5) is 25.7. The maximum atomic E-state index is 12.8. The van der Waals surface area contributed by atoms with Crippen LogP contribution in [-0.4, -0.2) is 58.5 Å². The van der Waals surface area contributed by atoms with Crippen LogP contribution in [0.3, 0.4) is 0 Å². The van der Waals surface area contributed by atoms with Gasteiger partial charge in [-0.3, -0.25) is 9.69 Å². The standard InChI is InChI=1S/C19H24N4O2/c1-3-25-17-8-5-4-7-16(17)19(24)23-13-11-22(12-14-23)15(2)18-20-9-6-10-21-18/h4-10,15H,3,11-14H2,1-2H3. The van der Waals surface area contributed by atoms with Gasteiger partial charge in [-0.1, -0.05) is 12.1 Å². The predicted octanol–water partition coefficient (Wildman–Crippen LogP) is 2.39. The number of carbonyl (C=O) groups excluding carboxylic acids is 1. The van der Waals surface area contributed by atoms with E-state index in [2.05, 4.69) is 21.8 Å². The molecular formula is C19H24N4O2. The highest BCUT2D eigenvalue weighted by Crippen LogP contribution is 2.22. The maximum Gasteiger partial charge on any atom is 0.257 e. The van der Waals surface area contributed by atoms with Gasteiger partial charge in [0.1, 0.15) is 11.6 Å². The molecule has 1 atom stereocenters. The van der Waals surface area contributed by atoms with E-state index in [4.69, 9.17) is 4.74 Å². The highest BCUT2D eigenvalue weighted by Gasteiger charge is 2.27. The lowest BCUT2D eigenvalue weighted by Gasteiger charge is -2.37. The van der Waals surface area contributed by atoms with Gasteiger partial charge in [0, 0.05) is 38.6 Å². The first kappa shape index (κ1) is 17.4. The number of carbonyl (C=O) groups is 1. The SMILES string of the molecule is CCOc1ccccc1C(=O)N1CCN(C(C)c2ncccn2)CC1. The van der Waals surface area contributed by atoms with Gasteiger partial charge in [-0.25, -0.2) is 9.97 Å². The maximum absolute atomic E-state index is 12.8. The molecule has 0 spiro atoms. The Morgan fingerprint density at radius 1 is 1.12 bits per heavy atom. The molecule has 0 N–H and O–H groups in total. The van der Waals surface area contributed by atoms with Crippen molar-refractivity contribution >= 4 is 5.91 Å². The van der Waals surface area contributed by atoms with E-state index < -0.39 is 0 Å². The van der Waals surface area contributed by atoms with Crippen molar-refractivity contribution in [1.29, 1.82) is 0 Å². The fourth-order valence-electron chi connectivity index (χ4n) is 3.10. The molecule has 1 aromatic carbocycles. The molecular weight excluding hydrogens is 316 g/mol. The van der Waals surface area contributed by atoms with Gasteiger partial charge in [0.25, 0.3) is 5.91 Å². The lowest BCUT2D eigenvalue weighted by molar-refractivity contribution is 0.0571. The molecule has 1 saturated heterocycles. The van der Waals surface area contributed by atoms with E-state index >= 15 is 0 Å². The first-order valence-corrected chi connectivity index (χ1v) is 8.72. The summed E-state index contributed by atoms with van der Waals surface area (Å²) in [5, 5.41) is 0. The number of piperazine rings is 1. The number of nitrogens with zero attached hydrogens (tertiary/aromatic N) is 4. The van der Waals surface area contributed by atoms with Crippen LogP contribution >= 0.6 is 0 Å². The molecule has 1 aromatic heterocycles. The molecule has 2 heterocycles. The molecule has 2 aromatic rings. The van der Waals surface area contributed by atoms with Crippen LogP contribution in [0.15, 0.2) is 42.7 Å².